The fourth-order valence-electron chi connectivity index (χ4n) is 2.19. The maximum absolute atomic E-state index is 11.6. The predicted octanol–water partition coefficient (Wildman–Crippen LogP) is 2.96. The first-order valence-corrected chi connectivity index (χ1v) is 7.70. The number of benzene rings is 1. The molecule has 1 aromatic carbocycles. The number of aryl methyl sites for hydroxylation is 1. The summed E-state index contributed by atoms with van der Waals surface area (Å²) in [4.78, 5) is 11.6. The van der Waals surface area contributed by atoms with Crippen LogP contribution in [0.4, 0.5) is 0 Å². The zero-order valence-electron chi connectivity index (χ0n) is 13.8. The molecule has 0 bridgehead atoms. The van der Waals surface area contributed by atoms with Crippen LogP contribution in [0.25, 0.3) is 0 Å². The first-order valence-electron chi connectivity index (χ1n) is 7.70. The molecule has 0 fully saturated rings. The highest BCUT2D eigenvalue weighted by Crippen LogP contribution is 2.26. The average molecular weight is 292 g/mol. The van der Waals surface area contributed by atoms with Crippen molar-refractivity contribution < 1.29 is 9.53 Å². The van der Waals surface area contributed by atoms with Crippen LogP contribution in [0.3, 0.4) is 0 Å². The van der Waals surface area contributed by atoms with Gasteiger partial charge in [-0.25, -0.2) is 0 Å². The number of ether oxygens (including phenoxy) is 1. The topological polar surface area (TPSA) is 50.4 Å². The number of nitrogens with one attached hydrogen (secondary N) is 2. The van der Waals surface area contributed by atoms with Gasteiger partial charge >= 0.3 is 0 Å². The van der Waals surface area contributed by atoms with E-state index in [-0.39, 0.29) is 18.0 Å². The summed E-state index contributed by atoms with van der Waals surface area (Å²) in [6, 6.07) is 6.60. The third kappa shape index (κ3) is 6.17. The van der Waals surface area contributed by atoms with E-state index >= 15 is 0 Å². The molecule has 21 heavy (non-hydrogen) atoms. The van der Waals surface area contributed by atoms with E-state index in [2.05, 4.69) is 36.6 Å². The fourth-order valence-corrected chi connectivity index (χ4v) is 2.19. The minimum absolute atomic E-state index is 0.0268. The Kier molecular flexibility index (Phi) is 7.23. The third-order valence-corrected chi connectivity index (χ3v) is 3.18. The Labute approximate surface area is 128 Å². The predicted molar refractivity (Wildman–Crippen MR) is 86.7 cm³/mol. The van der Waals surface area contributed by atoms with Gasteiger partial charge in [-0.05, 0) is 45.9 Å². The van der Waals surface area contributed by atoms with E-state index in [1.54, 1.807) is 0 Å². The molecular formula is C17H28N2O2. The van der Waals surface area contributed by atoms with Crippen molar-refractivity contribution in [1.82, 2.24) is 10.6 Å². The molecule has 1 unspecified atom stereocenters. The second-order valence-electron chi connectivity index (χ2n) is 5.64. The maximum atomic E-state index is 11.6. The number of hydrogen-bond acceptors (Lipinski definition) is 3. The molecular weight excluding hydrogens is 264 g/mol. The summed E-state index contributed by atoms with van der Waals surface area (Å²) in [6.45, 7) is 11.5. The van der Waals surface area contributed by atoms with Crippen LogP contribution in [0.2, 0.25) is 0 Å². The molecule has 0 aliphatic heterocycles. The summed E-state index contributed by atoms with van der Waals surface area (Å²) in [5, 5.41) is 6.25. The van der Waals surface area contributed by atoms with E-state index in [0.717, 1.165) is 23.4 Å². The summed E-state index contributed by atoms with van der Waals surface area (Å²) in [5.41, 5.74) is 2.29. The zero-order valence-corrected chi connectivity index (χ0v) is 13.8. The quantitative estimate of drug-likeness (QED) is 0.774. The van der Waals surface area contributed by atoms with Gasteiger partial charge in [0.25, 0.3) is 0 Å². The lowest BCUT2D eigenvalue weighted by molar-refractivity contribution is -0.122. The molecule has 2 N–H and O–H groups in total. The number of amides is 1. The number of rotatable bonds is 8. The zero-order chi connectivity index (χ0) is 15.8. The lowest BCUT2D eigenvalue weighted by atomic mass is 10.0. The van der Waals surface area contributed by atoms with Crippen molar-refractivity contribution in [2.75, 3.05) is 13.2 Å². The normalized spacial score (nSPS) is 12.3. The summed E-state index contributed by atoms with van der Waals surface area (Å²) in [7, 11) is 0. The van der Waals surface area contributed by atoms with Gasteiger partial charge in [-0.3, -0.25) is 4.79 Å². The SMILES string of the molecule is CCNC(C)c1ccc(C)cc1OCCC(=O)NC(C)C. The van der Waals surface area contributed by atoms with Gasteiger partial charge in [-0.2, -0.15) is 0 Å². The van der Waals surface area contributed by atoms with E-state index < -0.39 is 0 Å². The minimum Gasteiger partial charge on any atom is -0.493 e. The Bertz CT molecular complexity index is 458. The highest BCUT2D eigenvalue weighted by molar-refractivity contribution is 5.76. The van der Waals surface area contributed by atoms with Crippen molar-refractivity contribution in [3.63, 3.8) is 0 Å². The monoisotopic (exact) mass is 292 g/mol. The van der Waals surface area contributed by atoms with Crippen molar-refractivity contribution in [3.05, 3.63) is 29.3 Å². The van der Waals surface area contributed by atoms with Crippen molar-refractivity contribution in [2.45, 2.75) is 53.1 Å². The number of carbonyl (C=O) groups excluding carboxylic acids is 1. The molecule has 0 radical (unpaired) electrons. The molecule has 1 atom stereocenters. The molecule has 4 heteroatoms. The van der Waals surface area contributed by atoms with E-state index in [1.807, 2.05) is 26.8 Å². The standard InChI is InChI=1S/C17H28N2O2/c1-6-18-14(5)15-8-7-13(4)11-16(15)21-10-9-17(20)19-12(2)3/h7-8,11-12,14,18H,6,9-10H2,1-5H3,(H,19,20). The Balaban J connectivity index is 2.64. The Hall–Kier alpha value is -1.55. The highest BCUT2D eigenvalue weighted by atomic mass is 16.5. The number of hydrogen-bond donors (Lipinski definition) is 2. The van der Waals surface area contributed by atoms with Crippen LogP contribution in [0.1, 0.15) is 51.3 Å². The molecule has 0 saturated heterocycles. The number of carbonyl (C=O) groups is 1. The van der Waals surface area contributed by atoms with Crippen molar-refractivity contribution >= 4 is 5.91 Å². The molecule has 118 valence electrons. The summed E-state index contributed by atoms with van der Waals surface area (Å²) in [5.74, 6) is 0.889. The van der Waals surface area contributed by atoms with Gasteiger partial charge in [-0.15, -0.1) is 0 Å². The summed E-state index contributed by atoms with van der Waals surface area (Å²) >= 11 is 0. The smallest absolute Gasteiger partial charge is 0.223 e. The van der Waals surface area contributed by atoms with E-state index in [9.17, 15) is 4.79 Å². The molecule has 0 aliphatic carbocycles. The van der Waals surface area contributed by atoms with Crippen molar-refractivity contribution in [3.8, 4) is 5.75 Å². The van der Waals surface area contributed by atoms with Crippen LogP contribution in [-0.4, -0.2) is 25.1 Å². The molecule has 0 aromatic heterocycles. The lowest BCUT2D eigenvalue weighted by Gasteiger charge is -2.18. The van der Waals surface area contributed by atoms with Crippen molar-refractivity contribution in [1.29, 1.82) is 0 Å². The summed E-state index contributed by atoms with van der Waals surface area (Å²) in [6.07, 6.45) is 0.376. The van der Waals surface area contributed by atoms with Gasteiger partial charge in [0.15, 0.2) is 0 Å². The second kappa shape index (κ2) is 8.67. The Morgan fingerprint density at radius 1 is 1.29 bits per heavy atom. The summed E-state index contributed by atoms with van der Waals surface area (Å²) < 4.78 is 5.84. The Morgan fingerprint density at radius 3 is 2.62 bits per heavy atom. The molecule has 0 spiro atoms. The second-order valence-corrected chi connectivity index (χ2v) is 5.64. The van der Waals surface area contributed by atoms with Crippen LogP contribution < -0.4 is 15.4 Å². The van der Waals surface area contributed by atoms with Crippen LogP contribution in [0.5, 0.6) is 5.75 Å². The molecule has 0 saturated carbocycles. The van der Waals surface area contributed by atoms with Gasteiger partial charge in [0.1, 0.15) is 5.75 Å². The van der Waals surface area contributed by atoms with Crippen LogP contribution >= 0.6 is 0 Å². The minimum atomic E-state index is 0.0268. The van der Waals surface area contributed by atoms with Gasteiger partial charge in [-0.1, -0.05) is 19.1 Å². The van der Waals surface area contributed by atoms with Gasteiger partial charge < -0.3 is 15.4 Å². The molecule has 1 amide bonds. The molecule has 0 aliphatic rings. The first-order chi connectivity index (χ1) is 9.93. The fraction of sp³-hybridized carbons (Fsp3) is 0.588. The van der Waals surface area contributed by atoms with Gasteiger partial charge in [0.2, 0.25) is 5.91 Å². The molecule has 0 heterocycles. The Morgan fingerprint density at radius 2 is 2.00 bits per heavy atom. The van der Waals surface area contributed by atoms with Crippen LogP contribution in [-0.2, 0) is 4.79 Å². The molecule has 1 aromatic rings. The first kappa shape index (κ1) is 17.5. The van der Waals surface area contributed by atoms with Crippen molar-refractivity contribution in [2.24, 2.45) is 0 Å². The van der Waals surface area contributed by atoms with E-state index in [4.69, 9.17) is 4.74 Å². The largest absolute Gasteiger partial charge is 0.493 e. The average Bonchev–Trinajstić information content (AvgIpc) is 2.38. The van der Waals surface area contributed by atoms with Crippen LogP contribution in [0, 0.1) is 6.92 Å². The van der Waals surface area contributed by atoms with Gasteiger partial charge in [0.05, 0.1) is 13.0 Å². The molecule has 1 rings (SSSR count). The maximum Gasteiger partial charge on any atom is 0.223 e. The van der Waals surface area contributed by atoms with Gasteiger partial charge in [0, 0.05) is 17.6 Å². The van der Waals surface area contributed by atoms with Crippen LogP contribution in [0.15, 0.2) is 18.2 Å². The third-order valence-electron chi connectivity index (χ3n) is 3.18. The van der Waals surface area contributed by atoms with E-state index in [1.165, 1.54) is 0 Å². The van der Waals surface area contributed by atoms with E-state index in [0.29, 0.717) is 13.0 Å². The lowest BCUT2D eigenvalue weighted by Crippen LogP contribution is -2.31. The highest BCUT2D eigenvalue weighted by Gasteiger charge is 2.12. The molecule has 4 nitrogen and oxygen atoms in total.